The van der Waals surface area contributed by atoms with Gasteiger partial charge < -0.3 is 5.73 Å². The van der Waals surface area contributed by atoms with Crippen LogP contribution in [0.2, 0.25) is 0 Å². The van der Waals surface area contributed by atoms with Crippen molar-refractivity contribution in [2.24, 2.45) is 5.73 Å². The molecule has 1 aromatic rings. The van der Waals surface area contributed by atoms with E-state index < -0.39 is 0 Å². The standard InChI is InChI=1S/C17H25NO.C3H8.C2H6.H2/c1-2-17(19)16(18)12-13-8-10-15(11-9-13)14-6-4-3-5-7-14;1-3-2;1-2;/h8-11,14,16H,2-7,12,18H2,1H3;3H2,1-2H3;1-2H3;1H/t16-;;;/m0.../s1. The largest absolute Gasteiger partial charge is 0.321 e. The van der Waals surface area contributed by atoms with E-state index in [2.05, 4.69) is 38.1 Å². The number of Topliss-reactive ketones (excluding diaryl/α,β-unsaturated/α-hetero) is 1. The quantitative estimate of drug-likeness (QED) is 0.689. The van der Waals surface area contributed by atoms with E-state index >= 15 is 0 Å². The maximum absolute atomic E-state index is 11.5. The molecule has 1 atom stereocenters. The molecule has 1 aliphatic carbocycles. The van der Waals surface area contributed by atoms with E-state index in [-0.39, 0.29) is 13.3 Å². The van der Waals surface area contributed by atoms with Gasteiger partial charge in [-0.25, -0.2) is 0 Å². The number of carbonyl (C=O) groups is 1. The summed E-state index contributed by atoms with van der Waals surface area (Å²) in [6, 6.07) is 8.41. The molecular weight excluding hydrogens is 294 g/mol. The summed E-state index contributed by atoms with van der Waals surface area (Å²) >= 11 is 0. The molecule has 0 unspecified atom stereocenters. The maximum atomic E-state index is 11.5. The molecule has 2 rings (SSSR count). The van der Waals surface area contributed by atoms with E-state index in [1.165, 1.54) is 49.7 Å². The SMILES string of the molecule is CC.CCC.CCC(=O)[C@@H](N)Cc1ccc(C2CCCCC2)cc1.[HH]. The van der Waals surface area contributed by atoms with E-state index in [9.17, 15) is 4.79 Å². The van der Waals surface area contributed by atoms with Gasteiger partial charge in [0.1, 0.15) is 5.78 Å². The lowest BCUT2D eigenvalue weighted by Crippen LogP contribution is -2.32. The number of ketones is 1. The summed E-state index contributed by atoms with van der Waals surface area (Å²) < 4.78 is 0. The van der Waals surface area contributed by atoms with Gasteiger partial charge in [-0.2, -0.15) is 0 Å². The topological polar surface area (TPSA) is 43.1 Å². The number of carbonyl (C=O) groups excluding carboxylic acids is 1. The summed E-state index contributed by atoms with van der Waals surface area (Å²) in [6.45, 7) is 10.1. The third-order valence-electron chi connectivity index (χ3n) is 4.27. The van der Waals surface area contributed by atoms with E-state index in [0.717, 1.165) is 5.92 Å². The summed E-state index contributed by atoms with van der Waals surface area (Å²) in [5.74, 6) is 0.894. The molecule has 140 valence electrons. The summed E-state index contributed by atoms with van der Waals surface area (Å²) in [4.78, 5) is 11.5. The average Bonchev–Trinajstić information content (AvgIpc) is 2.64. The molecule has 1 fully saturated rings. The Morgan fingerprint density at radius 1 is 1.08 bits per heavy atom. The van der Waals surface area contributed by atoms with Crippen LogP contribution in [-0.2, 0) is 11.2 Å². The Morgan fingerprint density at radius 3 is 2.04 bits per heavy atom. The molecule has 0 amide bonds. The van der Waals surface area contributed by atoms with Crippen LogP contribution in [0.25, 0.3) is 0 Å². The van der Waals surface area contributed by atoms with E-state index in [0.29, 0.717) is 12.8 Å². The number of hydrogen-bond acceptors (Lipinski definition) is 2. The van der Waals surface area contributed by atoms with Crippen LogP contribution in [-0.4, -0.2) is 11.8 Å². The van der Waals surface area contributed by atoms with Crippen molar-refractivity contribution in [2.45, 2.75) is 97.9 Å². The predicted molar refractivity (Wildman–Crippen MR) is 109 cm³/mol. The van der Waals surface area contributed by atoms with Gasteiger partial charge in [0.2, 0.25) is 0 Å². The fourth-order valence-electron chi connectivity index (χ4n) is 2.99. The van der Waals surface area contributed by atoms with Crippen molar-refractivity contribution in [1.82, 2.24) is 0 Å². The first kappa shape index (κ1) is 22.9. The summed E-state index contributed by atoms with van der Waals surface area (Å²) in [5.41, 5.74) is 8.52. The van der Waals surface area contributed by atoms with Crippen molar-refractivity contribution in [3.8, 4) is 0 Å². The van der Waals surface area contributed by atoms with E-state index in [4.69, 9.17) is 5.73 Å². The Hall–Kier alpha value is -1.15. The second-order valence-corrected chi connectivity index (χ2v) is 6.41. The Labute approximate surface area is 151 Å². The van der Waals surface area contributed by atoms with Gasteiger partial charge >= 0.3 is 0 Å². The van der Waals surface area contributed by atoms with Crippen molar-refractivity contribution in [2.75, 3.05) is 0 Å². The number of nitrogens with two attached hydrogens (primary N) is 1. The Bertz CT molecular complexity index is 424. The molecule has 2 heteroatoms. The zero-order valence-electron chi connectivity index (χ0n) is 16.6. The lowest BCUT2D eigenvalue weighted by Gasteiger charge is -2.22. The highest BCUT2D eigenvalue weighted by molar-refractivity contribution is 5.83. The minimum absolute atomic E-state index is 0. The van der Waals surface area contributed by atoms with E-state index in [1.807, 2.05) is 20.8 Å². The summed E-state index contributed by atoms with van der Waals surface area (Å²) in [5, 5.41) is 0. The van der Waals surface area contributed by atoms with Gasteiger partial charge in [0.15, 0.2) is 0 Å². The zero-order chi connectivity index (χ0) is 18.4. The minimum atomic E-state index is -0.342. The normalized spacial score (nSPS) is 15.4. The van der Waals surface area contributed by atoms with Crippen LogP contribution in [0.5, 0.6) is 0 Å². The second-order valence-electron chi connectivity index (χ2n) is 6.41. The van der Waals surface area contributed by atoms with Crippen molar-refractivity contribution < 1.29 is 6.22 Å². The molecule has 0 radical (unpaired) electrons. The monoisotopic (exact) mass is 335 g/mol. The van der Waals surface area contributed by atoms with Crippen molar-refractivity contribution >= 4 is 5.78 Å². The van der Waals surface area contributed by atoms with Crippen LogP contribution in [0.4, 0.5) is 0 Å². The van der Waals surface area contributed by atoms with Crippen LogP contribution >= 0.6 is 0 Å². The molecule has 24 heavy (non-hydrogen) atoms. The van der Waals surface area contributed by atoms with Crippen molar-refractivity contribution in [1.29, 1.82) is 0 Å². The molecule has 0 saturated heterocycles. The van der Waals surface area contributed by atoms with Gasteiger partial charge in [0.05, 0.1) is 6.04 Å². The third kappa shape index (κ3) is 8.63. The first-order valence-electron chi connectivity index (χ1n) is 9.99. The number of hydrogen-bond donors (Lipinski definition) is 1. The Balaban J connectivity index is 0. The Morgan fingerprint density at radius 2 is 1.58 bits per heavy atom. The van der Waals surface area contributed by atoms with Crippen molar-refractivity contribution in [3.05, 3.63) is 35.4 Å². The molecule has 1 aromatic carbocycles. The summed E-state index contributed by atoms with van der Waals surface area (Å²) in [6.07, 6.45) is 9.21. The Kier molecular flexibility index (Phi) is 13.5. The highest BCUT2D eigenvalue weighted by Crippen LogP contribution is 2.32. The molecule has 0 heterocycles. The van der Waals surface area contributed by atoms with Crippen molar-refractivity contribution in [3.63, 3.8) is 0 Å². The van der Waals surface area contributed by atoms with Gasteiger partial charge in [-0.3, -0.25) is 4.79 Å². The average molecular weight is 336 g/mol. The molecule has 1 saturated carbocycles. The first-order chi connectivity index (χ1) is 11.6. The molecule has 0 spiro atoms. The van der Waals surface area contributed by atoms with Crippen LogP contribution in [0, 0.1) is 0 Å². The second kappa shape index (κ2) is 14.2. The number of rotatable bonds is 5. The fraction of sp³-hybridized carbons (Fsp3) is 0.682. The number of benzene rings is 1. The third-order valence-corrected chi connectivity index (χ3v) is 4.27. The lowest BCUT2D eigenvalue weighted by atomic mass is 9.84. The molecule has 0 aliphatic heterocycles. The van der Waals surface area contributed by atoms with Crippen LogP contribution in [0.1, 0.15) is 98.0 Å². The van der Waals surface area contributed by atoms with E-state index in [1.54, 1.807) is 0 Å². The molecular formula is C22H41NO. The van der Waals surface area contributed by atoms with Crippen LogP contribution < -0.4 is 5.73 Å². The molecule has 0 aromatic heterocycles. The molecule has 1 aliphatic rings. The highest BCUT2D eigenvalue weighted by Gasteiger charge is 2.16. The smallest absolute Gasteiger partial charge is 0.149 e. The van der Waals surface area contributed by atoms with Gasteiger partial charge in [-0.15, -0.1) is 0 Å². The van der Waals surface area contributed by atoms with Gasteiger partial charge in [0, 0.05) is 7.85 Å². The molecule has 2 nitrogen and oxygen atoms in total. The highest BCUT2D eigenvalue weighted by atomic mass is 16.1. The van der Waals surface area contributed by atoms with Gasteiger partial charge in [-0.1, -0.05) is 84.6 Å². The van der Waals surface area contributed by atoms with Gasteiger partial charge in [-0.05, 0) is 36.3 Å². The summed E-state index contributed by atoms with van der Waals surface area (Å²) in [7, 11) is 0. The van der Waals surface area contributed by atoms with Crippen LogP contribution in [0.3, 0.4) is 0 Å². The van der Waals surface area contributed by atoms with Gasteiger partial charge in [0.25, 0.3) is 0 Å². The maximum Gasteiger partial charge on any atom is 0.149 e. The minimum Gasteiger partial charge on any atom is -0.321 e. The zero-order valence-corrected chi connectivity index (χ0v) is 16.6. The predicted octanol–water partition coefficient (Wildman–Crippen LogP) is 6.27. The molecule has 0 bridgehead atoms. The van der Waals surface area contributed by atoms with Crippen LogP contribution in [0.15, 0.2) is 24.3 Å². The first-order valence-corrected chi connectivity index (χ1v) is 9.99. The lowest BCUT2D eigenvalue weighted by molar-refractivity contribution is -0.119. The fourth-order valence-corrected chi connectivity index (χ4v) is 2.99. The molecule has 2 N–H and O–H groups in total.